The number of rotatable bonds is 13. The minimum Gasteiger partial charge on any atom is -0.490 e. The van der Waals surface area contributed by atoms with E-state index in [1.54, 1.807) is 12.1 Å². The molecule has 0 radical (unpaired) electrons. The molecular weight excluding hydrogens is 469 g/mol. The third-order valence-electron chi connectivity index (χ3n) is 6.80. The summed E-state index contributed by atoms with van der Waals surface area (Å²) in [5.41, 5.74) is 0.908. The van der Waals surface area contributed by atoms with Gasteiger partial charge in [-0.1, -0.05) is 79.7 Å². The maximum absolute atomic E-state index is 11.7. The Hall–Kier alpha value is -1.75. The van der Waals surface area contributed by atoms with Gasteiger partial charge in [0.15, 0.2) is 0 Å². The van der Waals surface area contributed by atoms with Gasteiger partial charge < -0.3 is 14.7 Å². The van der Waals surface area contributed by atoms with Crippen LogP contribution in [0, 0.1) is 5.92 Å². The quantitative estimate of drug-likeness (QED) is 0.283. The molecule has 0 saturated carbocycles. The third kappa shape index (κ3) is 8.48. The number of piperidine rings is 1. The van der Waals surface area contributed by atoms with Crippen molar-refractivity contribution in [3.8, 4) is 5.75 Å². The van der Waals surface area contributed by atoms with Crippen LogP contribution in [0.25, 0.3) is 0 Å². The van der Waals surface area contributed by atoms with E-state index in [2.05, 4.69) is 11.8 Å². The molecule has 1 aliphatic rings. The predicted molar refractivity (Wildman–Crippen MR) is 140 cm³/mol. The van der Waals surface area contributed by atoms with Gasteiger partial charge in [-0.2, -0.15) is 0 Å². The molecule has 0 bridgehead atoms. The molecule has 1 heterocycles. The zero-order chi connectivity index (χ0) is 24.3. The molecule has 2 aromatic rings. The van der Waals surface area contributed by atoms with Crippen LogP contribution in [0.2, 0.25) is 10.0 Å². The fourth-order valence-electron chi connectivity index (χ4n) is 4.95. The van der Waals surface area contributed by atoms with E-state index < -0.39 is 11.9 Å². The van der Waals surface area contributed by atoms with Crippen LogP contribution in [0.3, 0.4) is 0 Å². The van der Waals surface area contributed by atoms with Crippen LogP contribution in [-0.4, -0.2) is 41.7 Å². The van der Waals surface area contributed by atoms with Gasteiger partial charge in [0, 0.05) is 25.7 Å². The van der Waals surface area contributed by atoms with Crippen LogP contribution in [-0.2, 0) is 4.79 Å². The summed E-state index contributed by atoms with van der Waals surface area (Å²) in [6, 6.07) is 15.1. The summed E-state index contributed by atoms with van der Waals surface area (Å²) in [5.74, 6) is 0.326. The number of hydrogen-bond donors (Lipinski definition) is 1. The summed E-state index contributed by atoms with van der Waals surface area (Å²) < 4.78 is 6.13. The second kappa shape index (κ2) is 14.0. The number of nitrogens with zero attached hydrogens (tertiary/aromatic N) is 1. The lowest BCUT2D eigenvalue weighted by Crippen LogP contribution is -2.40. The highest BCUT2D eigenvalue weighted by Gasteiger charge is 2.23. The van der Waals surface area contributed by atoms with E-state index in [9.17, 15) is 9.90 Å². The van der Waals surface area contributed by atoms with Crippen LogP contribution in [0.4, 0.5) is 0 Å². The number of halogens is 2. The summed E-state index contributed by atoms with van der Waals surface area (Å²) in [4.78, 5) is 14.3. The van der Waals surface area contributed by atoms with E-state index in [0.717, 1.165) is 63.1 Å². The van der Waals surface area contributed by atoms with E-state index in [0.29, 0.717) is 22.4 Å². The molecule has 0 aromatic heterocycles. The van der Waals surface area contributed by atoms with Crippen molar-refractivity contribution >= 4 is 29.2 Å². The molecule has 4 nitrogen and oxygen atoms in total. The number of carboxylic acid groups (broad SMARTS) is 1. The lowest BCUT2D eigenvalue weighted by atomic mass is 9.90. The number of unbranched alkanes of at least 4 members (excludes halogenated alkanes) is 1. The number of carbonyl (C=O) groups is 1. The maximum Gasteiger partial charge on any atom is 0.310 e. The first-order valence-electron chi connectivity index (χ1n) is 12.6. The maximum atomic E-state index is 11.7. The average molecular weight is 507 g/mol. The molecule has 1 N–H and O–H groups in total. The molecule has 0 spiro atoms. The van der Waals surface area contributed by atoms with Crippen molar-refractivity contribution in [3.05, 3.63) is 64.1 Å². The van der Waals surface area contributed by atoms with Gasteiger partial charge in [0.2, 0.25) is 0 Å². The topological polar surface area (TPSA) is 49.8 Å². The molecule has 2 atom stereocenters. The van der Waals surface area contributed by atoms with Crippen LogP contribution in [0.15, 0.2) is 48.5 Å². The van der Waals surface area contributed by atoms with Crippen molar-refractivity contribution in [2.75, 3.05) is 19.6 Å². The number of likely N-dealkylation sites (tertiary alicyclic amines) is 1. The molecule has 1 saturated heterocycles. The van der Waals surface area contributed by atoms with E-state index in [4.69, 9.17) is 27.9 Å². The fourth-order valence-corrected chi connectivity index (χ4v) is 5.24. The van der Waals surface area contributed by atoms with E-state index in [1.165, 1.54) is 12.8 Å². The molecule has 0 amide bonds. The zero-order valence-corrected chi connectivity index (χ0v) is 21.6. The van der Waals surface area contributed by atoms with Gasteiger partial charge in [-0.05, 0) is 55.7 Å². The second-order valence-corrected chi connectivity index (χ2v) is 10.2. The van der Waals surface area contributed by atoms with Crippen LogP contribution >= 0.6 is 23.2 Å². The molecule has 1 fully saturated rings. The minimum atomic E-state index is -0.720. The van der Waals surface area contributed by atoms with Gasteiger partial charge in [0.1, 0.15) is 11.9 Å². The van der Waals surface area contributed by atoms with Gasteiger partial charge in [-0.25, -0.2) is 0 Å². The molecule has 34 heavy (non-hydrogen) atoms. The monoisotopic (exact) mass is 505 g/mol. The number of carboxylic acids is 1. The Morgan fingerprint density at radius 1 is 1.03 bits per heavy atom. The molecule has 2 aromatic carbocycles. The highest BCUT2D eigenvalue weighted by Crippen LogP contribution is 2.29. The molecule has 1 unspecified atom stereocenters. The fraction of sp³-hybridized carbons (Fsp3) is 0.536. The van der Waals surface area contributed by atoms with Crippen molar-refractivity contribution < 1.29 is 14.6 Å². The molecule has 186 valence electrons. The molecule has 3 rings (SSSR count). The smallest absolute Gasteiger partial charge is 0.310 e. The van der Waals surface area contributed by atoms with Crippen molar-refractivity contribution in [3.63, 3.8) is 0 Å². The molecule has 1 aliphatic heterocycles. The Labute approximate surface area is 214 Å². The van der Waals surface area contributed by atoms with Gasteiger partial charge in [-0.15, -0.1) is 0 Å². The van der Waals surface area contributed by atoms with Crippen molar-refractivity contribution in [1.82, 2.24) is 4.90 Å². The summed E-state index contributed by atoms with van der Waals surface area (Å²) >= 11 is 12.1. The van der Waals surface area contributed by atoms with Gasteiger partial charge in [0.25, 0.3) is 0 Å². The summed E-state index contributed by atoms with van der Waals surface area (Å²) in [6.07, 6.45) is 8.54. The third-order valence-corrected chi connectivity index (χ3v) is 7.54. The number of benzene rings is 2. The number of aliphatic carboxylic acids is 1. The van der Waals surface area contributed by atoms with Crippen molar-refractivity contribution in [2.45, 2.75) is 70.3 Å². The highest BCUT2D eigenvalue weighted by atomic mass is 35.5. The SMILES string of the molecule is CCCC(CCCC[C@@H](C(=O)O)c1ccccc1)CN1CCC(Oc2ccc(Cl)c(Cl)c2)CC1. The number of hydrogen-bond acceptors (Lipinski definition) is 3. The Balaban J connectivity index is 1.40. The van der Waals surface area contributed by atoms with Crippen LogP contribution in [0.1, 0.15) is 69.8 Å². The average Bonchev–Trinajstić information content (AvgIpc) is 2.83. The van der Waals surface area contributed by atoms with Gasteiger partial charge >= 0.3 is 5.97 Å². The van der Waals surface area contributed by atoms with Gasteiger partial charge in [-0.3, -0.25) is 4.79 Å². The van der Waals surface area contributed by atoms with E-state index in [-0.39, 0.29) is 6.10 Å². The normalized spacial score (nSPS) is 16.8. The van der Waals surface area contributed by atoms with E-state index in [1.807, 2.05) is 36.4 Å². The summed E-state index contributed by atoms with van der Waals surface area (Å²) in [5, 5.41) is 10.7. The first-order chi connectivity index (χ1) is 16.5. The summed E-state index contributed by atoms with van der Waals surface area (Å²) in [6.45, 7) is 5.46. The Kier molecular flexibility index (Phi) is 11.0. The summed E-state index contributed by atoms with van der Waals surface area (Å²) in [7, 11) is 0. The van der Waals surface area contributed by atoms with Crippen molar-refractivity contribution in [2.24, 2.45) is 5.92 Å². The second-order valence-electron chi connectivity index (χ2n) is 9.43. The standard InChI is InChI=1S/C28H37Cl2NO3/c1-2-8-21(9-6-7-12-25(28(32)33)22-10-4-3-5-11-22)20-31-17-15-23(16-18-31)34-24-13-14-26(29)27(30)19-24/h3-5,10-11,13-14,19,21,23,25H,2,6-9,12,15-18,20H2,1H3,(H,32,33)/t21?,25-/m1/s1. The predicted octanol–water partition coefficient (Wildman–Crippen LogP) is 7.68. The van der Waals surface area contributed by atoms with Crippen LogP contribution in [0.5, 0.6) is 5.75 Å². The zero-order valence-electron chi connectivity index (χ0n) is 20.1. The minimum absolute atomic E-state index is 0.212. The molecular formula is C28H37Cl2NO3. The molecule has 6 heteroatoms. The first kappa shape index (κ1) is 26.8. The highest BCUT2D eigenvalue weighted by molar-refractivity contribution is 6.42. The Morgan fingerprint density at radius 3 is 2.38 bits per heavy atom. The lowest BCUT2D eigenvalue weighted by molar-refractivity contribution is -0.139. The Morgan fingerprint density at radius 2 is 1.74 bits per heavy atom. The largest absolute Gasteiger partial charge is 0.490 e. The lowest BCUT2D eigenvalue weighted by Gasteiger charge is -2.34. The van der Waals surface area contributed by atoms with Crippen LogP contribution < -0.4 is 4.74 Å². The van der Waals surface area contributed by atoms with E-state index >= 15 is 0 Å². The van der Waals surface area contributed by atoms with Gasteiger partial charge in [0.05, 0.1) is 16.0 Å². The molecule has 0 aliphatic carbocycles. The van der Waals surface area contributed by atoms with Crippen molar-refractivity contribution in [1.29, 1.82) is 0 Å². The number of ether oxygens (including phenoxy) is 1. The first-order valence-corrected chi connectivity index (χ1v) is 13.3. The Bertz CT molecular complexity index is 884.